The number of aromatic nitrogens is 2. The minimum absolute atomic E-state index is 0.0566. The number of aryl methyl sites for hydroxylation is 1. The lowest BCUT2D eigenvalue weighted by atomic mass is 10.1. The van der Waals surface area contributed by atoms with Gasteiger partial charge in [-0.25, -0.2) is 0 Å². The number of carbonyl (C=O) groups excluding carboxylic acids is 1. The average molecular weight is 302 g/mol. The lowest BCUT2D eigenvalue weighted by molar-refractivity contribution is 0.0735. The van der Waals surface area contributed by atoms with Crippen molar-refractivity contribution < 1.29 is 4.79 Å². The van der Waals surface area contributed by atoms with E-state index in [1.165, 1.54) is 0 Å². The molecule has 1 aliphatic rings. The summed E-state index contributed by atoms with van der Waals surface area (Å²) in [5, 5.41) is 0.462. The molecule has 0 bridgehead atoms. The molecule has 2 aromatic rings. The summed E-state index contributed by atoms with van der Waals surface area (Å²) in [7, 11) is 0. The van der Waals surface area contributed by atoms with Crippen LogP contribution in [-0.4, -0.2) is 27.3 Å². The molecular weight excluding hydrogens is 286 g/mol. The van der Waals surface area contributed by atoms with Gasteiger partial charge in [-0.05, 0) is 37.5 Å². The predicted octanol–water partition coefficient (Wildman–Crippen LogP) is 3.42. The lowest BCUT2D eigenvalue weighted by Gasteiger charge is -2.25. The summed E-state index contributed by atoms with van der Waals surface area (Å²) in [4.78, 5) is 22.9. The van der Waals surface area contributed by atoms with Crippen molar-refractivity contribution in [3.8, 4) is 0 Å². The zero-order valence-electron chi connectivity index (χ0n) is 11.8. The first kappa shape index (κ1) is 14.0. The smallest absolute Gasteiger partial charge is 0.257 e. The standard InChI is InChI=1S/C16H16ClN3O/c1-11-8-14(17)13(10-19-11)16(21)20-7-3-5-15(20)12-4-2-6-18-9-12/h2,4,6,8-10,15H,3,5,7H2,1H3. The molecule has 0 radical (unpaired) electrons. The molecule has 0 N–H and O–H groups in total. The molecule has 1 amide bonds. The largest absolute Gasteiger partial charge is 0.331 e. The maximum absolute atomic E-state index is 12.7. The number of pyridine rings is 2. The molecule has 3 heterocycles. The Labute approximate surface area is 128 Å². The number of rotatable bonds is 2. The van der Waals surface area contributed by atoms with Gasteiger partial charge in [0.2, 0.25) is 0 Å². The summed E-state index contributed by atoms with van der Waals surface area (Å²) < 4.78 is 0. The van der Waals surface area contributed by atoms with Crippen molar-refractivity contribution in [3.63, 3.8) is 0 Å². The van der Waals surface area contributed by atoms with Crippen LogP contribution in [0.3, 0.4) is 0 Å². The van der Waals surface area contributed by atoms with Crippen LogP contribution in [0.2, 0.25) is 5.02 Å². The molecule has 2 aromatic heterocycles. The lowest BCUT2D eigenvalue weighted by Crippen LogP contribution is -2.31. The van der Waals surface area contributed by atoms with Crippen molar-refractivity contribution in [2.45, 2.75) is 25.8 Å². The van der Waals surface area contributed by atoms with Crippen LogP contribution in [0.1, 0.15) is 40.5 Å². The van der Waals surface area contributed by atoms with Crippen LogP contribution < -0.4 is 0 Å². The third kappa shape index (κ3) is 2.76. The summed E-state index contributed by atoms with van der Waals surface area (Å²) in [6.45, 7) is 2.59. The predicted molar refractivity (Wildman–Crippen MR) is 81.2 cm³/mol. The van der Waals surface area contributed by atoms with Crippen LogP contribution in [0.5, 0.6) is 0 Å². The first-order chi connectivity index (χ1) is 10.2. The van der Waals surface area contributed by atoms with Crippen molar-refractivity contribution in [3.05, 3.63) is 58.6 Å². The first-order valence-electron chi connectivity index (χ1n) is 7.00. The monoisotopic (exact) mass is 301 g/mol. The number of hydrogen-bond donors (Lipinski definition) is 0. The molecule has 1 saturated heterocycles. The van der Waals surface area contributed by atoms with Crippen LogP contribution in [0.15, 0.2) is 36.8 Å². The van der Waals surface area contributed by atoms with Gasteiger partial charge >= 0.3 is 0 Å². The summed E-state index contributed by atoms with van der Waals surface area (Å²) in [6.07, 6.45) is 7.08. The Hall–Kier alpha value is -1.94. The molecule has 5 heteroatoms. The number of hydrogen-bond acceptors (Lipinski definition) is 3. The van der Waals surface area contributed by atoms with Gasteiger partial charge in [0.25, 0.3) is 5.91 Å². The Morgan fingerprint density at radius 3 is 3.00 bits per heavy atom. The van der Waals surface area contributed by atoms with Gasteiger partial charge in [-0.15, -0.1) is 0 Å². The fourth-order valence-corrected chi connectivity index (χ4v) is 3.06. The summed E-state index contributed by atoms with van der Waals surface area (Å²) >= 11 is 6.20. The van der Waals surface area contributed by atoms with E-state index in [4.69, 9.17) is 11.6 Å². The topological polar surface area (TPSA) is 46.1 Å². The van der Waals surface area contributed by atoms with Gasteiger partial charge in [-0.2, -0.15) is 0 Å². The molecule has 0 aliphatic carbocycles. The van der Waals surface area contributed by atoms with Crippen molar-refractivity contribution in [2.24, 2.45) is 0 Å². The Balaban J connectivity index is 1.90. The fraction of sp³-hybridized carbons (Fsp3) is 0.312. The average Bonchev–Trinajstić information content (AvgIpc) is 2.97. The highest BCUT2D eigenvalue weighted by atomic mass is 35.5. The van der Waals surface area contributed by atoms with Crippen LogP contribution in [0, 0.1) is 6.92 Å². The van der Waals surface area contributed by atoms with E-state index in [2.05, 4.69) is 9.97 Å². The molecule has 1 unspecified atom stereocenters. The van der Waals surface area contributed by atoms with Crippen LogP contribution in [-0.2, 0) is 0 Å². The van der Waals surface area contributed by atoms with Crippen LogP contribution >= 0.6 is 11.6 Å². The van der Waals surface area contributed by atoms with Crippen LogP contribution in [0.25, 0.3) is 0 Å². The molecule has 108 valence electrons. The maximum Gasteiger partial charge on any atom is 0.257 e. The van der Waals surface area contributed by atoms with Crippen molar-refractivity contribution >= 4 is 17.5 Å². The van der Waals surface area contributed by atoms with E-state index in [1.807, 2.05) is 30.2 Å². The minimum Gasteiger partial charge on any atom is -0.331 e. The van der Waals surface area contributed by atoms with E-state index < -0.39 is 0 Å². The highest BCUT2D eigenvalue weighted by molar-refractivity contribution is 6.33. The highest BCUT2D eigenvalue weighted by Crippen LogP contribution is 2.33. The molecular formula is C16H16ClN3O. The van der Waals surface area contributed by atoms with E-state index in [0.29, 0.717) is 10.6 Å². The van der Waals surface area contributed by atoms with Gasteiger partial charge in [-0.1, -0.05) is 17.7 Å². The van der Waals surface area contributed by atoms with E-state index >= 15 is 0 Å². The normalized spacial score (nSPS) is 18.0. The van der Waals surface area contributed by atoms with Gasteiger partial charge in [0.05, 0.1) is 16.6 Å². The Morgan fingerprint density at radius 2 is 2.29 bits per heavy atom. The fourth-order valence-electron chi connectivity index (χ4n) is 2.77. The summed E-state index contributed by atoms with van der Waals surface area (Å²) in [5.41, 5.74) is 2.35. The number of likely N-dealkylation sites (tertiary alicyclic amines) is 1. The Bertz CT molecular complexity index is 660. The quantitative estimate of drug-likeness (QED) is 0.854. The zero-order valence-corrected chi connectivity index (χ0v) is 12.5. The van der Waals surface area contributed by atoms with Gasteiger partial charge in [0.1, 0.15) is 0 Å². The summed E-state index contributed by atoms with van der Waals surface area (Å²) in [5.74, 6) is -0.0566. The molecule has 3 rings (SSSR count). The molecule has 0 aromatic carbocycles. The molecule has 0 spiro atoms. The van der Waals surface area contributed by atoms with Gasteiger partial charge < -0.3 is 4.90 Å². The molecule has 1 fully saturated rings. The number of halogens is 1. The van der Waals surface area contributed by atoms with E-state index in [-0.39, 0.29) is 11.9 Å². The maximum atomic E-state index is 12.7. The zero-order chi connectivity index (χ0) is 14.8. The second-order valence-electron chi connectivity index (χ2n) is 5.25. The number of carbonyl (C=O) groups is 1. The molecule has 21 heavy (non-hydrogen) atoms. The van der Waals surface area contributed by atoms with Crippen molar-refractivity contribution in [1.29, 1.82) is 0 Å². The van der Waals surface area contributed by atoms with Crippen LogP contribution in [0.4, 0.5) is 0 Å². The minimum atomic E-state index is -0.0566. The van der Waals surface area contributed by atoms with E-state index in [0.717, 1.165) is 30.6 Å². The number of nitrogens with zero attached hydrogens (tertiary/aromatic N) is 3. The van der Waals surface area contributed by atoms with E-state index in [1.54, 1.807) is 18.5 Å². The number of amides is 1. The second kappa shape index (κ2) is 5.82. The molecule has 1 aliphatic heterocycles. The first-order valence-corrected chi connectivity index (χ1v) is 7.37. The van der Waals surface area contributed by atoms with Crippen molar-refractivity contribution in [2.75, 3.05) is 6.54 Å². The molecule has 1 atom stereocenters. The molecule has 4 nitrogen and oxygen atoms in total. The third-order valence-corrected chi connectivity index (χ3v) is 4.12. The molecule has 0 saturated carbocycles. The second-order valence-corrected chi connectivity index (χ2v) is 5.66. The SMILES string of the molecule is Cc1cc(Cl)c(C(=O)N2CCCC2c2cccnc2)cn1. The van der Waals surface area contributed by atoms with Gasteiger partial charge in [0, 0.05) is 30.8 Å². The van der Waals surface area contributed by atoms with Gasteiger partial charge in [-0.3, -0.25) is 14.8 Å². The Kier molecular flexibility index (Phi) is 3.88. The van der Waals surface area contributed by atoms with Crippen molar-refractivity contribution in [1.82, 2.24) is 14.9 Å². The Morgan fingerprint density at radius 1 is 1.43 bits per heavy atom. The van der Waals surface area contributed by atoms with Gasteiger partial charge in [0.15, 0.2) is 0 Å². The third-order valence-electron chi connectivity index (χ3n) is 3.80. The summed E-state index contributed by atoms with van der Waals surface area (Å²) in [6, 6.07) is 5.71. The van der Waals surface area contributed by atoms with E-state index in [9.17, 15) is 4.79 Å². The highest BCUT2D eigenvalue weighted by Gasteiger charge is 2.31.